The van der Waals surface area contributed by atoms with Crippen molar-refractivity contribution in [1.29, 1.82) is 0 Å². The minimum absolute atomic E-state index is 0. The zero-order valence-corrected chi connectivity index (χ0v) is 11.6. The minimum atomic E-state index is 0. The molecule has 0 saturated heterocycles. The van der Waals surface area contributed by atoms with Crippen molar-refractivity contribution < 1.29 is 0 Å². The van der Waals surface area contributed by atoms with Crippen LogP contribution in [0.15, 0.2) is 24.3 Å². The van der Waals surface area contributed by atoms with E-state index >= 15 is 0 Å². The average Bonchev–Trinajstić information content (AvgIpc) is 3.11. The maximum Gasteiger partial charge on any atom is 0.0139 e. The molecule has 0 aromatic heterocycles. The molecule has 2 aliphatic rings. The number of halogens is 1. The Labute approximate surface area is 109 Å². The molecule has 2 aliphatic carbocycles. The molecular formula is C14H20BrN. The van der Waals surface area contributed by atoms with Crippen LogP contribution in [-0.4, -0.2) is 24.0 Å². The molecule has 16 heavy (non-hydrogen) atoms. The van der Waals surface area contributed by atoms with Crippen molar-refractivity contribution in [2.45, 2.75) is 44.2 Å². The van der Waals surface area contributed by atoms with Gasteiger partial charge in [0.05, 0.1) is 0 Å². The van der Waals surface area contributed by atoms with Crippen LogP contribution in [0.3, 0.4) is 0 Å². The normalized spacial score (nSPS) is 23.8. The molecule has 1 aromatic carbocycles. The van der Waals surface area contributed by atoms with Crippen molar-refractivity contribution in [1.82, 2.24) is 4.90 Å². The third-order valence-corrected chi connectivity index (χ3v) is 4.02. The van der Waals surface area contributed by atoms with E-state index in [0.29, 0.717) is 0 Å². The number of fused-ring (bicyclic) bond motifs is 1. The van der Waals surface area contributed by atoms with E-state index in [4.69, 9.17) is 0 Å². The lowest BCUT2D eigenvalue weighted by Crippen LogP contribution is -2.37. The van der Waals surface area contributed by atoms with Gasteiger partial charge in [-0.2, -0.15) is 0 Å². The van der Waals surface area contributed by atoms with Gasteiger partial charge in [0.25, 0.3) is 0 Å². The van der Waals surface area contributed by atoms with Gasteiger partial charge in [0.2, 0.25) is 0 Å². The second-order valence-corrected chi connectivity index (χ2v) is 5.06. The Bertz CT molecular complexity index is 360. The summed E-state index contributed by atoms with van der Waals surface area (Å²) in [5.74, 6) is 0. The molecule has 0 radical (unpaired) electrons. The van der Waals surface area contributed by atoms with Crippen LogP contribution in [0, 0.1) is 0 Å². The van der Waals surface area contributed by atoms with E-state index in [2.05, 4.69) is 36.2 Å². The molecule has 0 N–H and O–H groups in total. The molecule has 1 nitrogen and oxygen atoms in total. The van der Waals surface area contributed by atoms with Crippen LogP contribution in [0.25, 0.3) is 0 Å². The highest BCUT2D eigenvalue weighted by atomic mass is 79.9. The Morgan fingerprint density at radius 1 is 1.00 bits per heavy atom. The molecule has 0 heterocycles. The summed E-state index contributed by atoms with van der Waals surface area (Å²) >= 11 is 0. The van der Waals surface area contributed by atoms with Crippen LogP contribution >= 0.6 is 17.0 Å². The third kappa shape index (κ3) is 2.33. The second kappa shape index (κ2) is 4.89. The fraction of sp³-hybridized carbons (Fsp3) is 0.571. The van der Waals surface area contributed by atoms with Gasteiger partial charge in [0.15, 0.2) is 0 Å². The maximum atomic E-state index is 2.62. The first-order chi connectivity index (χ1) is 7.34. The first kappa shape index (κ1) is 12.1. The highest BCUT2D eigenvalue weighted by molar-refractivity contribution is 8.93. The Balaban J connectivity index is 0.000000963. The third-order valence-electron chi connectivity index (χ3n) is 4.02. The smallest absolute Gasteiger partial charge is 0.0139 e. The van der Waals surface area contributed by atoms with Gasteiger partial charge in [-0.15, -0.1) is 17.0 Å². The van der Waals surface area contributed by atoms with Crippen molar-refractivity contribution in [2.75, 3.05) is 7.05 Å². The van der Waals surface area contributed by atoms with Crippen LogP contribution < -0.4 is 0 Å². The zero-order valence-electron chi connectivity index (χ0n) is 9.86. The van der Waals surface area contributed by atoms with Gasteiger partial charge in [-0.3, -0.25) is 0 Å². The standard InChI is InChI=1S/C14H19N.BrH/c1-15(13-8-9-13)14-7-6-11-4-2-3-5-12(11)10-14;/h2-5,13-14H,6-10H2,1H3;1H. The molecule has 1 atom stereocenters. The summed E-state index contributed by atoms with van der Waals surface area (Å²) in [7, 11) is 2.32. The van der Waals surface area contributed by atoms with E-state index in [0.717, 1.165) is 12.1 Å². The van der Waals surface area contributed by atoms with Gasteiger partial charge >= 0.3 is 0 Å². The van der Waals surface area contributed by atoms with Gasteiger partial charge in [-0.25, -0.2) is 0 Å². The topological polar surface area (TPSA) is 3.24 Å². The van der Waals surface area contributed by atoms with Gasteiger partial charge in [-0.1, -0.05) is 24.3 Å². The fourth-order valence-electron chi connectivity index (χ4n) is 2.81. The minimum Gasteiger partial charge on any atom is -0.300 e. The Kier molecular flexibility index (Phi) is 3.70. The molecule has 1 unspecified atom stereocenters. The molecule has 88 valence electrons. The van der Waals surface area contributed by atoms with E-state index < -0.39 is 0 Å². The van der Waals surface area contributed by atoms with E-state index in [1.165, 1.54) is 32.1 Å². The van der Waals surface area contributed by atoms with Crippen molar-refractivity contribution in [3.63, 3.8) is 0 Å². The average molecular weight is 282 g/mol. The lowest BCUT2D eigenvalue weighted by atomic mass is 9.87. The second-order valence-electron chi connectivity index (χ2n) is 5.06. The molecule has 1 saturated carbocycles. The van der Waals surface area contributed by atoms with Crippen molar-refractivity contribution in [3.8, 4) is 0 Å². The van der Waals surface area contributed by atoms with E-state index in [1.807, 2.05) is 0 Å². The predicted octanol–water partition coefficient (Wildman–Crippen LogP) is 3.22. The number of aryl methyl sites for hydroxylation is 1. The van der Waals surface area contributed by atoms with Crippen molar-refractivity contribution in [2.24, 2.45) is 0 Å². The Hall–Kier alpha value is -0.340. The SMILES string of the molecule is Br.CN(C1CC1)C1CCc2ccccc2C1. The zero-order chi connectivity index (χ0) is 10.3. The lowest BCUT2D eigenvalue weighted by molar-refractivity contribution is 0.212. The van der Waals surface area contributed by atoms with E-state index in [1.54, 1.807) is 11.1 Å². The summed E-state index contributed by atoms with van der Waals surface area (Å²) in [6.45, 7) is 0. The van der Waals surface area contributed by atoms with Gasteiger partial charge in [-0.05, 0) is 50.3 Å². The highest BCUT2D eigenvalue weighted by Gasteiger charge is 2.32. The number of hydrogen-bond acceptors (Lipinski definition) is 1. The Morgan fingerprint density at radius 3 is 2.38 bits per heavy atom. The molecule has 3 rings (SSSR count). The summed E-state index contributed by atoms with van der Waals surface area (Å²) in [6.07, 6.45) is 6.74. The quantitative estimate of drug-likeness (QED) is 0.805. The number of benzene rings is 1. The van der Waals surface area contributed by atoms with Crippen LogP contribution in [0.1, 0.15) is 30.4 Å². The maximum absolute atomic E-state index is 2.62. The summed E-state index contributed by atoms with van der Waals surface area (Å²) in [5.41, 5.74) is 3.17. The molecule has 0 aliphatic heterocycles. The highest BCUT2D eigenvalue weighted by Crippen LogP contribution is 2.32. The van der Waals surface area contributed by atoms with E-state index in [9.17, 15) is 0 Å². The first-order valence-corrected chi connectivity index (χ1v) is 6.13. The van der Waals surface area contributed by atoms with Crippen LogP contribution in [0.4, 0.5) is 0 Å². The number of nitrogens with zero attached hydrogens (tertiary/aromatic N) is 1. The van der Waals surface area contributed by atoms with Gasteiger partial charge in [0, 0.05) is 12.1 Å². The van der Waals surface area contributed by atoms with Gasteiger partial charge in [0.1, 0.15) is 0 Å². The first-order valence-electron chi connectivity index (χ1n) is 6.13. The predicted molar refractivity (Wildman–Crippen MR) is 73.4 cm³/mol. The molecular weight excluding hydrogens is 262 g/mol. The summed E-state index contributed by atoms with van der Waals surface area (Å²) in [6, 6.07) is 10.7. The van der Waals surface area contributed by atoms with Gasteiger partial charge < -0.3 is 4.90 Å². The Morgan fingerprint density at radius 2 is 1.69 bits per heavy atom. The molecule has 1 aromatic rings. The van der Waals surface area contributed by atoms with Crippen molar-refractivity contribution >= 4 is 17.0 Å². The largest absolute Gasteiger partial charge is 0.300 e. The number of hydrogen-bond donors (Lipinski definition) is 0. The molecule has 0 spiro atoms. The number of likely N-dealkylation sites (N-methyl/N-ethyl adjacent to an activating group) is 1. The molecule has 2 heteroatoms. The van der Waals surface area contributed by atoms with Crippen molar-refractivity contribution in [3.05, 3.63) is 35.4 Å². The molecule has 0 bridgehead atoms. The molecule has 1 fully saturated rings. The molecule has 0 amide bonds. The summed E-state index contributed by atoms with van der Waals surface area (Å²) < 4.78 is 0. The fourth-order valence-corrected chi connectivity index (χ4v) is 2.81. The summed E-state index contributed by atoms with van der Waals surface area (Å²) in [5, 5.41) is 0. The number of rotatable bonds is 2. The van der Waals surface area contributed by atoms with Crippen LogP contribution in [0.5, 0.6) is 0 Å². The monoisotopic (exact) mass is 281 g/mol. The lowest BCUT2D eigenvalue weighted by Gasteiger charge is -2.32. The summed E-state index contributed by atoms with van der Waals surface area (Å²) in [4.78, 5) is 2.62. The van der Waals surface area contributed by atoms with E-state index in [-0.39, 0.29) is 17.0 Å². The van der Waals surface area contributed by atoms with Crippen LogP contribution in [0.2, 0.25) is 0 Å². The van der Waals surface area contributed by atoms with Crippen LogP contribution in [-0.2, 0) is 12.8 Å².